The summed E-state index contributed by atoms with van der Waals surface area (Å²) in [4.78, 5) is 37.9. The molecule has 1 aliphatic heterocycles. The first-order chi connectivity index (χ1) is 19.2. The third-order valence-corrected chi connectivity index (χ3v) is 7.37. The van der Waals surface area contributed by atoms with Gasteiger partial charge in [-0.2, -0.15) is 0 Å². The van der Waals surface area contributed by atoms with Gasteiger partial charge in [-0.05, 0) is 68.8 Å². The fourth-order valence-electron chi connectivity index (χ4n) is 5.03. The van der Waals surface area contributed by atoms with E-state index in [-0.39, 0.29) is 12.0 Å². The number of hydrogen-bond donors (Lipinski definition) is 2. The van der Waals surface area contributed by atoms with Gasteiger partial charge >= 0.3 is 5.97 Å². The summed E-state index contributed by atoms with van der Waals surface area (Å²) in [5, 5.41) is 3.83. The molecule has 2 aromatic carbocycles. The predicted octanol–water partition coefficient (Wildman–Crippen LogP) is 5.87. The van der Waals surface area contributed by atoms with Crippen LogP contribution in [-0.2, 0) is 9.53 Å². The van der Waals surface area contributed by atoms with Crippen LogP contribution in [0.5, 0.6) is 0 Å². The molecule has 4 aromatic rings. The minimum atomic E-state index is -0.408. The van der Waals surface area contributed by atoms with Crippen LogP contribution in [0.2, 0.25) is 0 Å². The highest BCUT2D eigenvalue weighted by Crippen LogP contribution is 2.40. The molecule has 1 amide bonds. The molecule has 40 heavy (non-hydrogen) atoms. The smallest absolute Gasteiger partial charge is 0.339 e. The molecule has 3 heterocycles. The van der Waals surface area contributed by atoms with Crippen LogP contribution >= 0.6 is 0 Å². The van der Waals surface area contributed by atoms with E-state index in [1.807, 2.05) is 52.0 Å². The average molecular weight is 540 g/mol. The van der Waals surface area contributed by atoms with Crippen molar-refractivity contribution in [3.63, 3.8) is 0 Å². The van der Waals surface area contributed by atoms with Gasteiger partial charge in [0.05, 0.1) is 17.4 Å². The fraction of sp³-hybridized carbons (Fsp3) is 0.344. The first kappa shape index (κ1) is 27.4. The molecule has 0 bridgehead atoms. The first-order valence-corrected chi connectivity index (χ1v) is 13.9. The van der Waals surface area contributed by atoms with Crippen LogP contribution in [0.25, 0.3) is 33.4 Å². The molecule has 2 aromatic heterocycles. The van der Waals surface area contributed by atoms with Gasteiger partial charge in [-0.3, -0.25) is 4.79 Å². The summed E-state index contributed by atoms with van der Waals surface area (Å²) in [5.74, 6) is -0.450. The summed E-state index contributed by atoms with van der Waals surface area (Å²) in [6, 6.07) is 16.5. The number of anilines is 2. The molecule has 2 N–H and O–H groups in total. The van der Waals surface area contributed by atoms with Crippen molar-refractivity contribution in [1.29, 1.82) is 0 Å². The highest BCUT2D eigenvalue weighted by atomic mass is 16.5. The number of nitrogens with one attached hydrogen (secondary N) is 2. The molecule has 8 nitrogen and oxygen atoms in total. The highest BCUT2D eigenvalue weighted by Gasteiger charge is 2.21. The lowest BCUT2D eigenvalue weighted by atomic mass is 9.96. The Morgan fingerprint density at radius 2 is 1.73 bits per heavy atom. The Morgan fingerprint density at radius 3 is 2.40 bits per heavy atom. The second-order valence-corrected chi connectivity index (χ2v) is 10.7. The number of hydrogen-bond acceptors (Lipinski definition) is 6. The number of likely N-dealkylation sites (N-methyl/N-ethyl adjacent to an activating group) is 1. The summed E-state index contributed by atoms with van der Waals surface area (Å²) >= 11 is 0. The molecular formula is C32H37N5O3. The van der Waals surface area contributed by atoms with Gasteiger partial charge in [0.15, 0.2) is 0 Å². The zero-order valence-electron chi connectivity index (χ0n) is 23.9. The van der Waals surface area contributed by atoms with E-state index in [1.165, 1.54) is 5.69 Å². The van der Waals surface area contributed by atoms with E-state index in [4.69, 9.17) is 4.74 Å². The van der Waals surface area contributed by atoms with Gasteiger partial charge in [-0.15, -0.1) is 0 Å². The number of amides is 1. The van der Waals surface area contributed by atoms with Crippen LogP contribution in [0.3, 0.4) is 0 Å². The van der Waals surface area contributed by atoms with Gasteiger partial charge in [0.2, 0.25) is 5.91 Å². The van der Waals surface area contributed by atoms with Crippen LogP contribution in [0.15, 0.2) is 54.7 Å². The summed E-state index contributed by atoms with van der Waals surface area (Å²) in [7, 11) is 2.16. The Hall–Kier alpha value is -4.17. The van der Waals surface area contributed by atoms with E-state index in [1.54, 1.807) is 6.20 Å². The molecule has 1 fully saturated rings. The lowest BCUT2D eigenvalue weighted by molar-refractivity contribution is -0.115. The number of esters is 1. The van der Waals surface area contributed by atoms with Gasteiger partial charge in [-0.1, -0.05) is 31.2 Å². The topological polar surface area (TPSA) is 90.6 Å². The number of aromatic nitrogens is 2. The molecule has 0 saturated carbocycles. The largest absolute Gasteiger partial charge is 0.459 e. The second kappa shape index (κ2) is 11.5. The Balaban J connectivity index is 1.62. The molecule has 0 unspecified atom stereocenters. The average Bonchev–Trinajstić information content (AvgIpc) is 3.33. The summed E-state index contributed by atoms with van der Waals surface area (Å²) in [6.45, 7) is 11.6. The number of carbonyl (C=O) groups excluding carboxylic acids is 2. The molecule has 0 aliphatic carbocycles. The van der Waals surface area contributed by atoms with Crippen molar-refractivity contribution in [2.45, 2.75) is 40.2 Å². The van der Waals surface area contributed by atoms with Gasteiger partial charge in [0, 0.05) is 61.1 Å². The SMILES string of the molecule is CCC(=O)Nc1cc(-c2c(-c3ccc(N4CCN(C)CC4)cc3)[nH]c3ncc(C(=O)OC(C)C)cc23)ccc1C. The Kier molecular flexibility index (Phi) is 7.89. The van der Waals surface area contributed by atoms with E-state index < -0.39 is 5.97 Å². The molecule has 0 spiro atoms. The van der Waals surface area contributed by atoms with Crippen molar-refractivity contribution >= 4 is 34.3 Å². The zero-order valence-corrected chi connectivity index (χ0v) is 23.9. The third kappa shape index (κ3) is 5.72. The van der Waals surface area contributed by atoms with E-state index in [0.717, 1.165) is 65.2 Å². The van der Waals surface area contributed by atoms with E-state index >= 15 is 0 Å². The number of aryl methyl sites for hydroxylation is 1. The molecular weight excluding hydrogens is 502 g/mol. The molecule has 1 saturated heterocycles. The molecule has 0 radical (unpaired) electrons. The number of nitrogens with zero attached hydrogens (tertiary/aromatic N) is 3. The fourth-order valence-corrected chi connectivity index (χ4v) is 5.03. The molecule has 5 rings (SSSR count). The molecule has 1 aliphatic rings. The van der Waals surface area contributed by atoms with Crippen LogP contribution < -0.4 is 10.2 Å². The number of aromatic amines is 1. The van der Waals surface area contributed by atoms with Crippen molar-refractivity contribution in [3.8, 4) is 22.4 Å². The summed E-state index contributed by atoms with van der Waals surface area (Å²) in [6.07, 6.45) is 1.72. The third-order valence-electron chi connectivity index (χ3n) is 7.37. The van der Waals surface area contributed by atoms with Crippen molar-refractivity contribution in [1.82, 2.24) is 14.9 Å². The van der Waals surface area contributed by atoms with Crippen LogP contribution in [-0.4, -0.2) is 66.1 Å². The van der Waals surface area contributed by atoms with Crippen molar-refractivity contribution in [2.24, 2.45) is 0 Å². The maximum absolute atomic E-state index is 12.8. The Labute approximate surface area is 235 Å². The summed E-state index contributed by atoms with van der Waals surface area (Å²) in [5.41, 5.74) is 7.75. The van der Waals surface area contributed by atoms with E-state index in [0.29, 0.717) is 17.6 Å². The monoisotopic (exact) mass is 539 g/mol. The lowest BCUT2D eigenvalue weighted by Gasteiger charge is -2.34. The Bertz CT molecular complexity index is 1530. The van der Waals surface area contributed by atoms with Gasteiger partial charge in [0.25, 0.3) is 0 Å². The quantitative estimate of drug-likeness (QED) is 0.286. The predicted molar refractivity (Wildman–Crippen MR) is 161 cm³/mol. The molecule has 8 heteroatoms. The number of ether oxygens (including phenoxy) is 1. The summed E-state index contributed by atoms with van der Waals surface area (Å²) < 4.78 is 5.45. The van der Waals surface area contributed by atoms with Crippen molar-refractivity contribution in [3.05, 3.63) is 65.9 Å². The van der Waals surface area contributed by atoms with Crippen LogP contribution in [0.1, 0.15) is 43.1 Å². The number of carbonyl (C=O) groups is 2. The lowest BCUT2D eigenvalue weighted by Crippen LogP contribution is -2.44. The van der Waals surface area contributed by atoms with Crippen LogP contribution in [0.4, 0.5) is 11.4 Å². The second-order valence-electron chi connectivity index (χ2n) is 10.7. The molecule has 208 valence electrons. The maximum Gasteiger partial charge on any atom is 0.339 e. The van der Waals surface area contributed by atoms with Crippen LogP contribution in [0, 0.1) is 6.92 Å². The first-order valence-electron chi connectivity index (χ1n) is 13.9. The van der Waals surface area contributed by atoms with Gasteiger partial charge in [0.1, 0.15) is 5.65 Å². The number of rotatable bonds is 7. The van der Waals surface area contributed by atoms with E-state index in [2.05, 4.69) is 56.4 Å². The minimum absolute atomic E-state index is 0.0423. The number of fused-ring (bicyclic) bond motifs is 1. The number of pyridine rings is 1. The van der Waals surface area contributed by atoms with Gasteiger partial charge < -0.3 is 24.8 Å². The number of piperazine rings is 1. The van der Waals surface area contributed by atoms with Crippen molar-refractivity contribution < 1.29 is 14.3 Å². The normalized spacial score (nSPS) is 14.1. The molecule has 0 atom stereocenters. The standard InChI is InChI=1S/C32H37N5O3/c1-6-28(38)34-27-18-23(8-7-21(27)4)29-26-17-24(32(39)40-20(2)3)19-33-31(26)35-30(29)22-9-11-25(12-10-22)37-15-13-36(5)14-16-37/h7-12,17-20H,6,13-16H2,1-5H3,(H,33,35)(H,34,38). The zero-order chi connectivity index (χ0) is 28.4. The number of H-pyrrole nitrogens is 1. The minimum Gasteiger partial charge on any atom is -0.459 e. The Morgan fingerprint density at radius 1 is 1.02 bits per heavy atom. The highest BCUT2D eigenvalue weighted by molar-refractivity contribution is 6.06. The maximum atomic E-state index is 12.8. The number of benzene rings is 2. The van der Waals surface area contributed by atoms with E-state index in [9.17, 15) is 9.59 Å². The van der Waals surface area contributed by atoms with Gasteiger partial charge in [-0.25, -0.2) is 9.78 Å². The van der Waals surface area contributed by atoms with Crippen molar-refractivity contribution in [2.75, 3.05) is 43.4 Å².